The van der Waals surface area contributed by atoms with Crippen LogP contribution in [0.25, 0.3) is 11.3 Å². The minimum atomic E-state index is -0.0601. The molecular formula is C29H31N3O3. The van der Waals surface area contributed by atoms with Crippen molar-refractivity contribution in [3.63, 3.8) is 0 Å². The summed E-state index contributed by atoms with van der Waals surface area (Å²) in [5, 5.41) is 4.81. The SMILES string of the molecule is CCCN(Cc1c(-c2ccccc2)nn(C)c1Oc1cccc(C)c1)C(=O)c1cccc(OC)c1. The number of hydrogen-bond donors (Lipinski definition) is 0. The number of benzene rings is 3. The first kappa shape index (κ1) is 24.1. The van der Waals surface area contributed by atoms with Crippen LogP contribution in [0.1, 0.15) is 34.8 Å². The van der Waals surface area contributed by atoms with E-state index in [0.717, 1.165) is 34.6 Å². The standard InChI is InChI=1S/C29H31N3O3/c1-5-17-32(28(33)23-14-10-15-24(19-23)34-4)20-26-27(22-12-7-6-8-13-22)30-31(3)29(26)35-25-16-9-11-21(2)18-25/h6-16,18-19H,5,17,20H2,1-4H3. The lowest BCUT2D eigenvalue weighted by atomic mass is 10.1. The Morgan fingerprint density at radius 3 is 2.43 bits per heavy atom. The molecule has 180 valence electrons. The van der Waals surface area contributed by atoms with Crippen molar-refractivity contribution >= 4 is 5.91 Å². The summed E-state index contributed by atoms with van der Waals surface area (Å²) in [4.78, 5) is 15.4. The molecule has 1 heterocycles. The molecule has 6 nitrogen and oxygen atoms in total. The molecule has 35 heavy (non-hydrogen) atoms. The molecule has 0 aliphatic heterocycles. The van der Waals surface area contributed by atoms with Crippen LogP contribution in [0.3, 0.4) is 0 Å². The lowest BCUT2D eigenvalue weighted by Gasteiger charge is -2.23. The van der Waals surface area contributed by atoms with Gasteiger partial charge >= 0.3 is 0 Å². The van der Waals surface area contributed by atoms with Gasteiger partial charge in [0.25, 0.3) is 5.91 Å². The molecular weight excluding hydrogens is 438 g/mol. The molecule has 0 spiro atoms. The van der Waals surface area contributed by atoms with Crippen molar-refractivity contribution in [2.75, 3.05) is 13.7 Å². The highest BCUT2D eigenvalue weighted by Gasteiger charge is 2.25. The van der Waals surface area contributed by atoms with E-state index in [1.807, 2.05) is 91.7 Å². The fourth-order valence-electron chi connectivity index (χ4n) is 4.09. The monoisotopic (exact) mass is 469 g/mol. The Kier molecular flexibility index (Phi) is 7.51. The summed E-state index contributed by atoms with van der Waals surface area (Å²) in [5.41, 5.74) is 4.34. The predicted molar refractivity (Wildman–Crippen MR) is 138 cm³/mol. The van der Waals surface area contributed by atoms with Crippen LogP contribution in [0.5, 0.6) is 17.4 Å². The van der Waals surface area contributed by atoms with Crippen LogP contribution in [0.4, 0.5) is 0 Å². The van der Waals surface area contributed by atoms with Crippen LogP contribution in [0.15, 0.2) is 78.9 Å². The molecule has 6 heteroatoms. The molecule has 0 atom stereocenters. The zero-order valence-electron chi connectivity index (χ0n) is 20.7. The summed E-state index contributed by atoms with van der Waals surface area (Å²) in [6.45, 7) is 5.06. The summed E-state index contributed by atoms with van der Waals surface area (Å²) in [7, 11) is 3.47. The Balaban J connectivity index is 1.76. The van der Waals surface area contributed by atoms with E-state index in [4.69, 9.17) is 14.6 Å². The molecule has 0 aliphatic rings. The third-order valence-corrected chi connectivity index (χ3v) is 5.79. The van der Waals surface area contributed by atoms with Gasteiger partial charge in [0.2, 0.25) is 5.88 Å². The van der Waals surface area contributed by atoms with Gasteiger partial charge in [-0.25, -0.2) is 4.68 Å². The summed E-state index contributed by atoms with van der Waals surface area (Å²) < 4.78 is 13.5. The van der Waals surface area contributed by atoms with Gasteiger partial charge in [0.1, 0.15) is 17.2 Å². The van der Waals surface area contributed by atoms with Gasteiger partial charge in [0, 0.05) is 24.7 Å². The minimum Gasteiger partial charge on any atom is -0.497 e. The fourth-order valence-corrected chi connectivity index (χ4v) is 4.09. The molecule has 0 bridgehead atoms. The highest BCUT2D eigenvalue weighted by Crippen LogP contribution is 2.34. The second kappa shape index (κ2) is 10.9. The van der Waals surface area contributed by atoms with Gasteiger partial charge in [-0.1, -0.05) is 55.5 Å². The normalized spacial score (nSPS) is 10.7. The second-order valence-electron chi connectivity index (χ2n) is 8.50. The Bertz CT molecular complexity index is 1300. The van der Waals surface area contributed by atoms with Gasteiger partial charge in [0.15, 0.2) is 0 Å². The molecule has 0 unspecified atom stereocenters. The molecule has 0 radical (unpaired) electrons. The number of aryl methyl sites for hydroxylation is 2. The van der Waals surface area contributed by atoms with Gasteiger partial charge in [-0.15, -0.1) is 0 Å². The van der Waals surface area contributed by atoms with Gasteiger partial charge in [0.05, 0.1) is 19.2 Å². The van der Waals surface area contributed by atoms with Crippen molar-refractivity contribution in [2.45, 2.75) is 26.8 Å². The van der Waals surface area contributed by atoms with E-state index in [9.17, 15) is 4.79 Å². The van der Waals surface area contributed by atoms with E-state index in [1.54, 1.807) is 17.9 Å². The molecule has 0 N–H and O–H groups in total. The molecule has 0 saturated carbocycles. The van der Waals surface area contributed by atoms with Gasteiger partial charge in [-0.2, -0.15) is 5.10 Å². The first-order chi connectivity index (χ1) is 17.0. The lowest BCUT2D eigenvalue weighted by molar-refractivity contribution is 0.0742. The van der Waals surface area contributed by atoms with Crippen molar-refractivity contribution in [1.82, 2.24) is 14.7 Å². The average Bonchev–Trinajstić information content (AvgIpc) is 3.18. The lowest BCUT2D eigenvalue weighted by Crippen LogP contribution is -2.31. The van der Waals surface area contributed by atoms with E-state index in [1.165, 1.54) is 0 Å². The topological polar surface area (TPSA) is 56.6 Å². The number of aromatic nitrogens is 2. The maximum absolute atomic E-state index is 13.6. The molecule has 1 aromatic heterocycles. The van der Waals surface area contributed by atoms with Crippen molar-refractivity contribution in [3.05, 3.63) is 95.6 Å². The zero-order valence-corrected chi connectivity index (χ0v) is 20.7. The zero-order chi connectivity index (χ0) is 24.8. The highest BCUT2D eigenvalue weighted by atomic mass is 16.5. The molecule has 1 amide bonds. The Hall–Kier alpha value is -4.06. The quantitative estimate of drug-likeness (QED) is 0.291. The molecule has 0 fully saturated rings. The van der Waals surface area contributed by atoms with Crippen molar-refractivity contribution in [1.29, 1.82) is 0 Å². The van der Waals surface area contributed by atoms with Crippen molar-refractivity contribution in [2.24, 2.45) is 7.05 Å². The molecule has 4 rings (SSSR count). The maximum atomic E-state index is 13.6. The Morgan fingerprint density at radius 2 is 1.71 bits per heavy atom. The second-order valence-corrected chi connectivity index (χ2v) is 8.50. The predicted octanol–water partition coefficient (Wildman–Crippen LogP) is 6.25. The van der Waals surface area contributed by atoms with E-state index in [2.05, 4.69) is 6.92 Å². The maximum Gasteiger partial charge on any atom is 0.254 e. The van der Waals surface area contributed by atoms with Crippen LogP contribution in [-0.2, 0) is 13.6 Å². The number of ether oxygens (including phenoxy) is 2. The van der Waals surface area contributed by atoms with Crippen LogP contribution in [0.2, 0.25) is 0 Å². The number of carbonyl (C=O) groups excluding carboxylic acids is 1. The third-order valence-electron chi connectivity index (χ3n) is 5.79. The number of nitrogens with zero attached hydrogens (tertiary/aromatic N) is 3. The summed E-state index contributed by atoms with van der Waals surface area (Å²) >= 11 is 0. The van der Waals surface area contributed by atoms with E-state index < -0.39 is 0 Å². The average molecular weight is 470 g/mol. The summed E-state index contributed by atoms with van der Waals surface area (Å²) in [5.74, 6) is 1.95. The van der Waals surface area contributed by atoms with Crippen LogP contribution in [-0.4, -0.2) is 34.2 Å². The van der Waals surface area contributed by atoms with Gasteiger partial charge in [-0.3, -0.25) is 4.79 Å². The van der Waals surface area contributed by atoms with E-state index in [0.29, 0.717) is 30.3 Å². The molecule has 3 aromatic carbocycles. The third kappa shape index (κ3) is 5.54. The largest absolute Gasteiger partial charge is 0.497 e. The number of hydrogen-bond acceptors (Lipinski definition) is 4. The van der Waals surface area contributed by atoms with Crippen LogP contribution < -0.4 is 9.47 Å². The highest BCUT2D eigenvalue weighted by molar-refractivity contribution is 5.94. The molecule has 0 aliphatic carbocycles. The number of amides is 1. The van der Waals surface area contributed by atoms with Crippen LogP contribution in [0, 0.1) is 6.92 Å². The van der Waals surface area contributed by atoms with Gasteiger partial charge in [-0.05, 0) is 49.2 Å². The number of carbonyl (C=O) groups is 1. The number of rotatable bonds is 9. The number of methoxy groups -OCH3 is 1. The van der Waals surface area contributed by atoms with Crippen LogP contribution >= 0.6 is 0 Å². The summed E-state index contributed by atoms with van der Waals surface area (Å²) in [6, 6.07) is 25.2. The molecule has 0 saturated heterocycles. The smallest absolute Gasteiger partial charge is 0.254 e. The van der Waals surface area contributed by atoms with Crippen molar-refractivity contribution in [3.8, 4) is 28.6 Å². The Morgan fingerprint density at radius 1 is 0.971 bits per heavy atom. The van der Waals surface area contributed by atoms with Gasteiger partial charge < -0.3 is 14.4 Å². The Labute approximate surface area is 206 Å². The first-order valence-corrected chi connectivity index (χ1v) is 11.8. The minimum absolute atomic E-state index is 0.0601. The fraction of sp³-hybridized carbons (Fsp3) is 0.241. The molecule has 4 aromatic rings. The first-order valence-electron chi connectivity index (χ1n) is 11.8. The van der Waals surface area contributed by atoms with Crippen molar-refractivity contribution < 1.29 is 14.3 Å². The van der Waals surface area contributed by atoms with E-state index in [-0.39, 0.29) is 5.91 Å². The summed E-state index contributed by atoms with van der Waals surface area (Å²) in [6.07, 6.45) is 0.824. The van der Waals surface area contributed by atoms with E-state index >= 15 is 0 Å².